The summed E-state index contributed by atoms with van der Waals surface area (Å²) in [5.41, 5.74) is 4.33. The van der Waals surface area contributed by atoms with Crippen LogP contribution in [0.5, 0.6) is 0 Å². The zero-order valence-corrected chi connectivity index (χ0v) is 16.0. The van der Waals surface area contributed by atoms with Gasteiger partial charge in [0.25, 0.3) is 0 Å². The highest BCUT2D eigenvalue weighted by Gasteiger charge is 2.65. The first kappa shape index (κ1) is 16.7. The van der Waals surface area contributed by atoms with Crippen molar-refractivity contribution in [1.29, 1.82) is 0 Å². The second kappa shape index (κ2) is 4.86. The third kappa shape index (κ3) is 1.65. The van der Waals surface area contributed by atoms with Crippen molar-refractivity contribution in [2.24, 2.45) is 22.2 Å². The summed E-state index contributed by atoms with van der Waals surface area (Å²) in [6, 6.07) is 0. The molecule has 138 valence electrons. The maximum atomic E-state index is 13.1. The van der Waals surface area contributed by atoms with Gasteiger partial charge >= 0.3 is 0 Å². The first-order valence-electron chi connectivity index (χ1n) is 10.2. The maximum Gasteiger partial charge on any atom is 0.155 e. The van der Waals surface area contributed by atoms with Crippen LogP contribution in [-0.2, 0) is 9.59 Å². The molecule has 0 bridgehead atoms. The fourth-order valence-corrected chi connectivity index (χ4v) is 7.11. The Morgan fingerprint density at radius 2 is 1.85 bits per heavy atom. The van der Waals surface area contributed by atoms with Crippen LogP contribution in [0.15, 0.2) is 34.4 Å². The van der Waals surface area contributed by atoms with Crippen molar-refractivity contribution in [3.8, 4) is 0 Å². The van der Waals surface area contributed by atoms with Gasteiger partial charge in [-0.25, -0.2) is 0 Å². The predicted octanol–water partition coefficient (Wildman–Crippen LogP) is 4.07. The van der Waals surface area contributed by atoms with Crippen LogP contribution in [0.4, 0.5) is 0 Å². The number of hydrogen-bond acceptors (Lipinski definition) is 3. The van der Waals surface area contributed by atoms with Crippen molar-refractivity contribution in [3.05, 3.63) is 34.4 Å². The molecule has 0 amide bonds. The van der Waals surface area contributed by atoms with Gasteiger partial charge in [-0.3, -0.25) is 9.59 Å². The molecule has 0 aromatic heterocycles. The average molecular weight is 352 g/mol. The minimum Gasteiger partial charge on any atom is -0.388 e. The Labute approximate surface area is 155 Å². The van der Waals surface area contributed by atoms with E-state index in [0.717, 1.165) is 37.7 Å². The number of rotatable bonds is 0. The summed E-state index contributed by atoms with van der Waals surface area (Å²) in [6.45, 7) is 6.58. The first-order chi connectivity index (χ1) is 12.2. The van der Waals surface area contributed by atoms with Gasteiger partial charge < -0.3 is 5.11 Å². The smallest absolute Gasteiger partial charge is 0.155 e. The number of carbonyl (C=O) groups is 2. The SMILES string of the molecule is C[C@H]1C2=C(CCC34C(=O)CC[C@]3(C)CC=C24)C2(C)CCC(=O)C=C2[C@H]1O. The number of carbonyl (C=O) groups excluding carboxylic acids is 2. The standard InChI is InChI=1S/C23H28O3/c1-13-19-15(22(3)10-4-14(24)12-17(22)20(13)26)6-11-23-16(19)5-8-21(23,2)9-7-18(23)25/h5,12-13,20,26H,4,6-11H2,1-3H3/t13-,20-,21-,22?,23?/m0/s1. The predicted molar refractivity (Wildman–Crippen MR) is 99.3 cm³/mol. The van der Waals surface area contributed by atoms with Crippen LogP contribution >= 0.6 is 0 Å². The molecule has 5 rings (SSSR count). The van der Waals surface area contributed by atoms with Gasteiger partial charge in [-0.2, -0.15) is 0 Å². The highest BCUT2D eigenvalue weighted by atomic mass is 16.3. The van der Waals surface area contributed by atoms with Crippen molar-refractivity contribution in [3.63, 3.8) is 0 Å². The fourth-order valence-electron chi connectivity index (χ4n) is 7.11. The summed E-state index contributed by atoms with van der Waals surface area (Å²) in [4.78, 5) is 25.1. The lowest BCUT2D eigenvalue weighted by molar-refractivity contribution is -0.127. The van der Waals surface area contributed by atoms with Crippen molar-refractivity contribution in [2.45, 2.75) is 71.8 Å². The molecule has 1 saturated carbocycles. The Morgan fingerprint density at radius 1 is 1.08 bits per heavy atom. The number of fused-ring (bicyclic) bond motifs is 3. The van der Waals surface area contributed by atoms with E-state index in [0.29, 0.717) is 18.6 Å². The number of aliphatic hydroxyl groups excluding tert-OH is 1. The molecule has 0 saturated heterocycles. The molecule has 0 radical (unpaired) electrons. The Hall–Kier alpha value is -1.48. The number of Topliss-reactive ketones (excluding diaryl/α,β-unsaturated/α-hetero) is 1. The highest BCUT2D eigenvalue weighted by Crippen LogP contribution is 2.70. The molecule has 26 heavy (non-hydrogen) atoms. The van der Waals surface area contributed by atoms with Gasteiger partial charge in [-0.15, -0.1) is 0 Å². The summed E-state index contributed by atoms with van der Waals surface area (Å²) in [5.74, 6) is 0.510. The molecule has 5 aliphatic rings. The highest BCUT2D eigenvalue weighted by molar-refractivity contribution is 5.95. The van der Waals surface area contributed by atoms with E-state index in [9.17, 15) is 14.7 Å². The molecular formula is C23H28O3. The molecule has 0 heterocycles. The van der Waals surface area contributed by atoms with E-state index in [1.165, 1.54) is 16.7 Å². The van der Waals surface area contributed by atoms with Crippen LogP contribution in [-0.4, -0.2) is 22.8 Å². The normalized spacial score (nSPS) is 47.1. The maximum absolute atomic E-state index is 13.1. The zero-order chi connectivity index (χ0) is 18.5. The molecule has 3 nitrogen and oxygen atoms in total. The summed E-state index contributed by atoms with van der Waals surface area (Å²) < 4.78 is 0. The van der Waals surface area contributed by atoms with E-state index in [1.807, 2.05) is 0 Å². The first-order valence-corrected chi connectivity index (χ1v) is 10.2. The van der Waals surface area contributed by atoms with E-state index >= 15 is 0 Å². The number of allylic oxidation sites excluding steroid dienone is 4. The van der Waals surface area contributed by atoms with Crippen molar-refractivity contribution < 1.29 is 14.7 Å². The van der Waals surface area contributed by atoms with Crippen LogP contribution < -0.4 is 0 Å². The van der Waals surface area contributed by atoms with Crippen molar-refractivity contribution in [1.82, 2.24) is 0 Å². The van der Waals surface area contributed by atoms with Gasteiger partial charge in [-0.05, 0) is 60.3 Å². The van der Waals surface area contributed by atoms with Crippen LogP contribution in [0.1, 0.15) is 65.7 Å². The lowest BCUT2D eigenvalue weighted by Gasteiger charge is -2.53. The summed E-state index contributed by atoms with van der Waals surface area (Å²) >= 11 is 0. The third-order valence-electron chi connectivity index (χ3n) is 8.73. The Bertz CT molecular complexity index is 844. The van der Waals surface area contributed by atoms with Gasteiger partial charge in [0.05, 0.1) is 11.5 Å². The molecule has 2 unspecified atom stereocenters. The lowest BCUT2D eigenvalue weighted by atomic mass is 9.50. The molecule has 1 N–H and O–H groups in total. The van der Waals surface area contributed by atoms with Crippen LogP contribution in [0, 0.1) is 22.2 Å². The molecule has 1 spiro atoms. The lowest BCUT2D eigenvalue weighted by Crippen LogP contribution is -2.48. The van der Waals surface area contributed by atoms with Crippen molar-refractivity contribution >= 4 is 11.6 Å². The zero-order valence-electron chi connectivity index (χ0n) is 16.0. The van der Waals surface area contributed by atoms with Gasteiger partial charge in [0.2, 0.25) is 0 Å². The molecule has 0 aromatic carbocycles. The summed E-state index contributed by atoms with van der Waals surface area (Å²) in [5, 5.41) is 11.1. The number of ketones is 2. The van der Waals surface area contributed by atoms with Crippen molar-refractivity contribution in [2.75, 3.05) is 0 Å². The monoisotopic (exact) mass is 352 g/mol. The second-order valence-electron chi connectivity index (χ2n) is 9.73. The van der Waals surface area contributed by atoms with E-state index in [2.05, 4.69) is 26.8 Å². The van der Waals surface area contributed by atoms with Gasteiger partial charge in [0.1, 0.15) is 5.78 Å². The van der Waals surface area contributed by atoms with Gasteiger partial charge in [-0.1, -0.05) is 32.4 Å². The average Bonchev–Trinajstić information content (AvgIpc) is 3.05. The molecule has 5 atom stereocenters. The van der Waals surface area contributed by atoms with Gasteiger partial charge in [0, 0.05) is 24.2 Å². The molecule has 0 aromatic rings. The van der Waals surface area contributed by atoms with Gasteiger partial charge in [0.15, 0.2) is 5.78 Å². The van der Waals surface area contributed by atoms with Crippen LogP contribution in [0.3, 0.4) is 0 Å². The van der Waals surface area contributed by atoms with Crippen LogP contribution in [0.2, 0.25) is 0 Å². The molecule has 1 fully saturated rings. The van der Waals surface area contributed by atoms with E-state index in [1.54, 1.807) is 6.08 Å². The third-order valence-corrected chi connectivity index (χ3v) is 8.73. The Balaban J connectivity index is 1.74. The second-order valence-corrected chi connectivity index (χ2v) is 9.73. The van der Waals surface area contributed by atoms with E-state index in [-0.39, 0.29) is 27.9 Å². The quantitative estimate of drug-likeness (QED) is 0.715. The van der Waals surface area contributed by atoms with E-state index in [4.69, 9.17) is 0 Å². The number of hydrogen-bond donors (Lipinski definition) is 1. The largest absolute Gasteiger partial charge is 0.388 e. The fraction of sp³-hybridized carbons (Fsp3) is 0.652. The molecule has 0 aliphatic heterocycles. The minimum atomic E-state index is -0.623. The van der Waals surface area contributed by atoms with E-state index < -0.39 is 6.10 Å². The molecule has 5 aliphatic carbocycles. The Kier molecular flexibility index (Phi) is 3.12. The number of aliphatic hydroxyl groups is 1. The minimum absolute atomic E-state index is 0.0469. The van der Waals surface area contributed by atoms with Crippen LogP contribution in [0.25, 0.3) is 0 Å². The Morgan fingerprint density at radius 3 is 2.62 bits per heavy atom. The molecular weight excluding hydrogens is 324 g/mol. The summed E-state index contributed by atoms with van der Waals surface area (Å²) in [6.07, 6.45) is 9.25. The molecule has 3 heteroatoms. The summed E-state index contributed by atoms with van der Waals surface area (Å²) in [7, 11) is 0. The topological polar surface area (TPSA) is 54.4 Å².